The van der Waals surface area contributed by atoms with Crippen LogP contribution in [-0.4, -0.2) is 48.2 Å². The van der Waals surface area contributed by atoms with Crippen molar-refractivity contribution in [3.63, 3.8) is 0 Å². The van der Waals surface area contributed by atoms with Gasteiger partial charge in [0, 0.05) is 24.8 Å². The van der Waals surface area contributed by atoms with Crippen LogP contribution in [0.4, 0.5) is 5.69 Å². The van der Waals surface area contributed by atoms with Crippen LogP contribution in [-0.2, 0) is 6.54 Å². The van der Waals surface area contributed by atoms with E-state index >= 15 is 0 Å². The molecule has 1 unspecified atom stereocenters. The normalized spacial score (nSPS) is 27.8. The molecule has 4 aliphatic heterocycles. The fraction of sp³-hybridized carbons (Fsp3) is 0.458. The fourth-order valence-electron chi connectivity index (χ4n) is 5.57. The second-order valence-electron chi connectivity index (χ2n) is 8.65. The molecule has 29 heavy (non-hydrogen) atoms. The Labute approximate surface area is 172 Å². The molecule has 2 atom stereocenters. The fourth-order valence-corrected chi connectivity index (χ4v) is 5.57. The van der Waals surface area contributed by atoms with Crippen molar-refractivity contribution in [3.8, 4) is 0 Å². The van der Waals surface area contributed by atoms with Gasteiger partial charge in [0.15, 0.2) is 0 Å². The van der Waals surface area contributed by atoms with E-state index in [0.717, 1.165) is 48.8 Å². The summed E-state index contributed by atoms with van der Waals surface area (Å²) in [5.41, 5.74) is 3.75. The third-order valence-corrected chi connectivity index (χ3v) is 7.05. The van der Waals surface area contributed by atoms with Crippen molar-refractivity contribution in [2.75, 3.05) is 31.1 Å². The summed E-state index contributed by atoms with van der Waals surface area (Å²) in [4.78, 5) is 16.9. The zero-order valence-corrected chi connectivity index (χ0v) is 16.8. The Hall–Kier alpha value is -2.37. The first-order valence-electron chi connectivity index (χ1n) is 10.8. The van der Waals surface area contributed by atoms with Gasteiger partial charge in [-0.3, -0.25) is 0 Å². The second-order valence-corrected chi connectivity index (χ2v) is 8.65. The molecule has 6 rings (SSSR count). The molecule has 152 valence electrons. The first-order chi connectivity index (χ1) is 14.2. The maximum Gasteiger partial charge on any atom is 0.336 e. The van der Waals surface area contributed by atoms with E-state index in [1.807, 2.05) is 12.1 Å². The molecule has 0 saturated carbocycles. The van der Waals surface area contributed by atoms with Crippen molar-refractivity contribution in [1.82, 2.24) is 10.2 Å². The Morgan fingerprint density at radius 3 is 2.55 bits per heavy atom. The zero-order chi connectivity index (χ0) is 19.8. The molecule has 5 heteroatoms. The highest BCUT2D eigenvalue weighted by molar-refractivity contribution is 5.90. The van der Waals surface area contributed by atoms with Crippen molar-refractivity contribution in [2.45, 2.75) is 37.9 Å². The largest absolute Gasteiger partial charge is 0.478 e. The van der Waals surface area contributed by atoms with Crippen LogP contribution in [0.5, 0.6) is 0 Å². The Balaban J connectivity index is 1.37. The molecule has 2 bridgehead atoms. The smallest absolute Gasteiger partial charge is 0.336 e. The summed E-state index contributed by atoms with van der Waals surface area (Å²) < 4.78 is 0. The number of fused-ring (bicyclic) bond motifs is 4. The molecule has 3 saturated heterocycles. The monoisotopic (exact) mass is 391 g/mol. The Morgan fingerprint density at radius 2 is 1.86 bits per heavy atom. The van der Waals surface area contributed by atoms with E-state index in [4.69, 9.17) is 0 Å². The highest BCUT2D eigenvalue weighted by Crippen LogP contribution is 2.41. The molecule has 5 nitrogen and oxygen atoms in total. The number of hydrogen-bond donors (Lipinski definition) is 2. The van der Waals surface area contributed by atoms with Crippen LogP contribution < -0.4 is 10.2 Å². The summed E-state index contributed by atoms with van der Waals surface area (Å²) in [6.45, 7) is 5.35. The van der Waals surface area contributed by atoms with Crippen molar-refractivity contribution in [2.24, 2.45) is 5.92 Å². The summed E-state index contributed by atoms with van der Waals surface area (Å²) >= 11 is 0. The molecule has 2 aromatic rings. The van der Waals surface area contributed by atoms with E-state index in [2.05, 4.69) is 45.4 Å². The maximum absolute atomic E-state index is 11.9. The minimum Gasteiger partial charge on any atom is -0.478 e. The summed E-state index contributed by atoms with van der Waals surface area (Å²) in [7, 11) is 0. The van der Waals surface area contributed by atoms with Gasteiger partial charge < -0.3 is 20.2 Å². The molecular weight excluding hydrogens is 362 g/mol. The number of aromatic carboxylic acids is 1. The van der Waals surface area contributed by atoms with Crippen LogP contribution in [0.3, 0.4) is 0 Å². The Morgan fingerprint density at radius 1 is 1.07 bits per heavy atom. The summed E-state index contributed by atoms with van der Waals surface area (Å²) in [6, 6.07) is 16.8. The summed E-state index contributed by atoms with van der Waals surface area (Å²) in [6.07, 6.45) is 3.53. The van der Waals surface area contributed by atoms with E-state index < -0.39 is 5.97 Å². The Bertz CT molecular complexity index is 877. The van der Waals surface area contributed by atoms with Crippen molar-refractivity contribution >= 4 is 11.7 Å². The lowest BCUT2D eigenvalue weighted by molar-refractivity contribution is 0.0694. The SMILES string of the molecule is O=C(O)c1cccc2c1[C@H](CCNC1CN3CCC1CC3)N(c1ccccc1)C2. The molecule has 0 aliphatic carbocycles. The van der Waals surface area contributed by atoms with Crippen molar-refractivity contribution < 1.29 is 9.90 Å². The van der Waals surface area contributed by atoms with Crippen molar-refractivity contribution in [1.29, 1.82) is 0 Å². The third-order valence-electron chi connectivity index (χ3n) is 7.05. The molecule has 4 aliphatic rings. The van der Waals surface area contributed by atoms with Crippen molar-refractivity contribution in [3.05, 3.63) is 65.2 Å². The highest BCUT2D eigenvalue weighted by atomic mass is 16.4. The lowest BCUT2D eigenvalue weighted by atomic mass is 9.84. The van der Waals surface area contributed by atoms with Gasteiger partial charge in [0.05, 0.1) is 11.6 Å². The van der Waals surface area contributed by atoms with Gasteiger partial charge in [0.2, 0.25) is 0 Å². The zero-order valence-electron chi connectivity index (χ0n) is 16.8. The van der Waals surface area contributed by atoms with Gasteiger partial charge in [-0.05, 0) is 74.1 Å². The van der Waals surface area contributed by atoms with E-state index in [-0.39, 0.29) is 6.04 Å². The van der Waals surface area contributed by atoms with Gasteiger partial charge in [-0.15, -0.1) is 0 Å². The number of para-hydroxylation sites is 1. The first kappa shape index (κ1) is 18.6. The van der Waals surface area contributed by atoms with Gasteiger partial charge in [0.1, 0.15) is 0 Å². The van der Waals surface area contributed by atoms with Gasteiger partial charge in [0.25, 0.3) is 0 Å². The quantitative estimate of drug-likeness (QED) is 0.789. The highest BCUT2D eigenvalue weighted by Gasteiger charge is 2.36. The average Bonchev–Trinajstić information content (AvgIpc) is 3.14. The molecule has 2 N–H and O–H groups in total. The average molecular weight is 392 g/mol. The number of carbonyl (C=O) groups is 1. The standard InChI is InChI=1S/C24H29N3O2/c28-24(29)20-8-4-5-18-15-27(19-6-2-1-3-7-19)22(23(18)20)9-12-25-21-16-26-13-10-17(21)11-14-26/h1-8,17,21-22,25H,9-16H2,(H,28,29)/t21?,22-/m0/s1. The predicted molar refractivity (Wildman–Crippen MR) is 114 cm³/mol. The lowest BCUT2D eigenvalue weighted by Gasteiger charge is -2.45. The minimum atomic E-state index is -0.827. The molecule has 0 spiro atoms. The molecule has 2 aromatic carbocycles. The lowest BCUT2D eigenvalue weighted by Crippen LogP contribution is -2.56. The van der Waals surface area contributed by atoms with Gasteiger partial charge in [-0.1, -0.05) is 30.3 Å². The number of anilines is 1. The molecule has 0 amide bonds. The number of carboxylic acid groups (broad SMARTS) is 1. The van der Waals surface area contributed by atoms with E-state index in [1.165, 1.54) is 25.9 Å². The van der Waals surface area contributed by atoms with Crippen LogP contribution in [0.1, 0.15) is 46.8 Å². The first-order valence-corrected chi connectivity index (χ1v) is 10.8. The van der Waals surface area contributed by atoms with Crippen LogP contribution in [0.25, 0.3) is 0 Å². The number of carboxylic acids is 1. The van der Waals surface area contributed by atoms with Gasteiger partial charge in [-0.25, -0.2) is 4.79 Å². The number of nitrogens with zero attached hydrogens (tertiary/aromatic N) is 2. The Kier molecular flexibility index (Phi) is 5.02. The topological polar surface area (TPSA) is 55.8 Å². The molecule has 3 fully saturated rings. The number of nitrogens with one attached hydrogen (secondary N) is 1. The minimum absolute atomic E-state index is 0.0910. The number of piperidine rings is 3. The van der Waals surface area contributed by atoms with E-state index in [1.54, 1.807) is 6.07 Å². The van der Waals surface area contributed by atoms with Crippen LogP contribution in [0.15, 0.2) is 48.5 Å². The molecule has 4 heterocycles. The third kappa shape index (κ3) is 3.53. The molecule has 0 radical (unpaired) electrons. The maximum atomic E-state index is 11.9. The number of benzene rings is 2. The summed E-state index contributed by atoms with van der Waals surface area (Å²) in [5.74, 6) is -0.0252. The van der Waals surface area contributed by atoms with E-state index in [9.17, 15) is 9.90 Å². The van der Waals surface area contributed by atoms with Crippen LogP contribution >= 0.6 is 0 Å². The predicted octanol–water partition coefficient (Wildman–Crippen LogP) is 3.52. The molecular formula is C24H29N3O2. The van der Waals surface area contributed by atoms with Gasteiger partial charge >= 0.3 is 5.97 Å². The van der Waals surface area contributed by atoms with Crippen LogP contribution in [0, 0.1) is 5.92 Å². The van der Waals surface area contributed by atoms with E-state index in [0.29, 0.717) is 11.6 Å². The number of hydrogen-bond acceptors (Lipinski definition) is 4. The summed E-state index contributed by atoms with van der Waals surface area (Å²) in [5, 5.41) is 13.6. The molecule has 0 aromatic heterocycles. The number of rotatable bonds is 6. The second kappa shape index (κ2) is 7.81. The van der Waals surface area contributed by atoms with Gasteiger partial charge in [-0.2, -0.15) is 0 Å². The van der Waals surface area contributed by atoms with Crippen LogP contribution in [0.2, 0.25) is 0 Å².